The molecule has 1 heterocycles. The second kappa shape index (κ2) is 8.03. The number of anilines is 1. The van der Waals surface area contributed by atoms with Crippen molar-refractivity contribution in [3.63, 3.8) is 0 Å². The van der Waals surface area contributed by atoms with E-state index in [1.54, 1.807) is 14.2 Å². The van der Waals surface area contributed by atoms with E-state index >= 15 is 0 Å². The van der Waals surface area contributed by atoms with Crippen molar-refractivity contribution in [2.45, 2.75) is 6.10 Å². The molecular weight excluding hydrogens is 316 g/mol. The molecule has 0 saturated carbocycles. The van der Waals surface area contributed by atoms with Crippen molar-refractivity contribution in [2.75, 3.05) is 45.3 Å². The largest absolute Gasteiger partial charge is 0.497 e. The maximum atomic E-state index is 12.8. The van der Waals surface area contributed by atoms with E-state index in [-0.39, 0.29) is 5.91 Å². The summed E-state index contributed by atoms with van der Waals surface area (Å²) in [6.45, 7) is 3.00. The summed E-state index contributed by atoms with van der Waals surface area (Å²) in [5.74, 6) is 0.881. The van der Waals surface area contributed by atoms with Crippen LogP contribution in [0.3, 0.4) is 0 Å². The van der Waals surface area contributed by atoms with E-state index in [9.17, 15) is 4.79 Å². The molecule has 1 aliphatic heterocycles. The zero-order chi connectivity index (χ0) is 17.6. The third kappa shape index (κ3) is 3.94. The topological polar surface area (TPSA) is 42.0 Å². The summed E-state index contributed by atoms with van der Waals surface area (Å²) in [5, 5.41) is 0. The highest BCUT2D eigenvalue weighted by molar-refractivity contribution is 5.82. The van der Waals surface area contributed by atoms with Crippen LogP contribution in [-0.2, 0) is 9.53 Å². The van der Waals surface area contributed by atoms with E-state index in [2.05, 4.69) is 17.0 Å². The lowest BCUT2D eigenvalue weighted by Gasteiger charge is -2.37. The van der Waals surface area contributed by atoms with Crippen LogP contribution in [0.15, 0.2) is 54.6 Å². The van der Waals surface area contributed by atoms with E-state index in [0.29, 0.717) is 13.1 Å². The van der Waals surface area contributed by atoms with Crippen LogP contribution in [0.25, 0.3) is 0 Å². The zero-order valence-corrected chi connectivity index (χ0v) is 14.7. The van der Waals surface area contributed by atoms with Gasteiger partial charge in [0.2, 0.25) is 0 Å². The fourth-order valence-electron chi connectivity index (χ4n) is 3.15. The molecule has 25 heavy (non-hydrogen) atoms. The number of piperazine rings is 1. The Bertz CT molecular complexity index is 680. The minimum atomic E-state index is -0.534. The molecule has 1 aliphatic rings. The van der Waals surface area contributed by atoms with Crippen molar-refractivity contribution in [2.24, 2.45) is 0 Å². The van der Waals surface area contributed by atoms with Crippen molar-refractivity contribution >= 4 is 11.6 Å². The van der Waals surface area contributed by atoms with Gasteiger partial charge in [0.15, 0.2) is 6.10 Å². The van der Waals surface area contributed by atoms with Crippen LogP contribution in [-0.4, -0.2) is 51.2 Å². The SMILES string of the molecule is COc1ccc(N2CCN(C(=O)[C@H](OC)c3ccccc3)CC2)cc1. The summed E-state index contributed by atoms with van der Waals surface area (Å²) in [7, 11) is 3.25. The number of benzene rings is 2. The Labute approximate surface area is 148 Å². The minimum Gasteiger partial charge on any atom is -0.497 e. The Balaban J connectivity index is 1.62. The molecule has 2 aromatic rings. The lowest BCUT2D eigenvalue weighted by molar-refractivity contribution is -0.142. The molecule has 0 aliphatic carbocycles. The zero-order valence-electron chi connectivity index (χ0n) is 14.7. The van der Waals surface area contributed by atoms with Gasteiger partial charge in [0.05, 0.1) is 7.11 Å². The summed E-state index contributed by atoms with van der Waals surface area (Å²) < 4.78 is 10.7. The van der Waals surface area contributed by atoms with E-state index in [4.69, 9.17) is 9.47 Å². The second-order valence-corrected chi connectivity index (χ2v) is 6.04. The van der Waals surface area contributed by atoms with Crippen LogP contribution in [0.4, 0.5) is 5.69 Å². The van der Waals surface area contributed by atoms with Gasteiger partial charge in [-0.25, -0.2) is 0 Å². The summed E-state index contributed by atoms with van der Waals surface area (Å²) in [5.41, 5.74) is 2.05. The average molecular weight is 340 g/mol. The number of hydrogen-bond acceptors (Lipinski definition) is 4. The Morgan fingerprint density at radius 1 is 0.920 bits per heavy atom. The van der Waals surface area contributed by atoms with Gasteiger partial charge in [-0.05, 0) is 29.8 Å². The summed E-state index contributed by atoms with van der Waals surface area (Å²) in [4.78, 5) is 17.0. The number of carbonyl (C=O) groups excluding carboxylic acids is 1. The second-order valence-electron chi connectivity index (χ2n) is 6.04. The standard InChI is InChI=1S/C20H24N2O3/c1-24-18-10-8-17(9-11-18)21-12-14-22(15-13-21)20(23)19(25-2)16-6-4-3-5-7-16/h3-11,19H,12-15H2,1-2H3/t19-/m1/s1. The fourth-order valence-corrected chi connectivity index (χ4v) is 3.15. The number of amides is 1. The van der Waals surface area contributed by atoms with Gasteiger partial charge in [0.25, 0.3) is 5.91 Å². The van der Waals surface area contributed by atoms with E-state index in [1.807, 2.05) is 47.4 Å². The predicted molar refractivity (Wildman–Crippen MR) is 98.0 cm³/mol. The van der Waals surface area contributed by atoms with Crippen molar-refractivity contribution in [1.82, 2.24) is 4.90 Å². The highest BCUT2D eigenvalue weighted by Crippen LogP contribution is 2.23. The Morgan fingerprint density at radius 3 is 2.12 bits per heavy atom. The highest BCUT2D eigenvalue weighted by atomic mass is 16.5. The van der Waals surface area contributed by atoms with Crippen LogP contribution < -0.4 is 9.64 Å². The van der Waals surface area contributed by atoms with E-state index < -0.39 is 6.10 Å². The minimum absolute atomic E-state index is 0.0306. The molecule has 5 nitrogen and oxygen atoms in total. The van der Waals surface area contributed by atoms with Gasteiger partial charge < -0.3 is 19.3 Å². The lowest BCUT2D eigenvalue weighted by Crippen LogP contribution is -2.50. The van der Waals surface area contributed by atoms with E-state index in [0.717, 1.165) is 30.1 Å². The molecule has 5 heteroatoms. The molecule has 0 N–H and O–H groups in total. The molecule has 1 saturated heterocycles. The van der Waals surface area contributed by atoms with Gasteiger partial charge >= 0.3 is 0 Å². The molecule has 0 bridgehead atoms. The molecule has 1 fully saturated rings. The molecule has 0 radical (unpaired) electrons. The van der Waals surface area contributed by atoms with Crippen molar-refractivity contribution in [3.8, 4) is 5.75 Å². The van der Waals surface area contributed by atoms with Crippen molar-refractivity contribution in [1.29, 1.82) is 0 Å². The number of hydrogen-bond donors (Lipinski definition) is 0. The molecule has 3 rings (SSSR count). The lowest BCUT2D eigenvalue weighted by atomic mass is 10.1. The van der Waals surface area contributed by atoms with Crippen molar-refractivity contribution in [3.05, 3.63) is 60.2 Å². The first kappa shape index (κ1) is 17.3. The summed E-state index contributed by atoms with van der Waals surface area (Å²) in [6, 6.07) is 17.7. The first-order valence-corrected chi connectivity index (χ1v) is 8.48. The highest BCUT2D eigenvalue weighted by Gasteiger charge is 2.28. The van der Waals surface area contributed by atoms with E-state index in [1.165, 1.54) is 0 Å². The van der Waals surface area contributed by atoms with Crippen LogP contribution in [0, 0.1) is 0 Å². The summed E-state index contributed by atoms with van der Waals surface area (Å²) >= 11 is 0. The number of ether oxygens (including phenoxy) is 2. The quantitative estimate of drug-likeness (QED) is 0.839. The third-order valence-corrected chi connectivity index (χ3v) is 4.59. The van der Waals surface area contributed by atoms with Gasteiger partial charge in [-0.1, -0.05) is 30.3 Å². The number of methoxy groups -OCH3 is 2. The van der Waals surface area contributed by atoms with Gasteiger partial charge in [-0.2, -0.15) is 0 Å². The number of rotatable bonds is 5. The molecule has 0 unspecified atom stereocenters. The fraction of sp³-hybridized carbons (Fsp3) is 0.350. The average Bonchev–Trinajstić information content (AvgIpc) is 2.69. The molecule has 0 spiro atoms. The Morgan fingerprint density at radius 2 is 1.56 bits per heavy atom. The number of carbonyl (C=O) groups is 1. The summed E-state index contributed by atoms with van der Waals surface area (Å²) in [6.07, 6.45) is -0.534. The first-order chi connectivity index (χ1) is 12.2. The van der Waals surface area contributed by atoms with Gasteiger partial charge in [-0.3, -0.25) is 4.79 Å². The molecule has 2 aromatic carbocycles. The van der Waals surface area contributed by atoms with Gasteiger partial charge in [0.1, 0.15) is 5.75 Å². The molecular formula is C20H24N2O3. The van der Waals surface area contributed by atoms with Gasteiger partial charge in [-0.15, -0.1) is 0 Å². The van der Waals surface area contributed by atoms with Crippen LogP contribution >= 0.6 is 0 Å². The molecule has 1 amide bonds. The Kier molecular flexibility index (Phi) is 5.56. The normalized spacial score (nSPS) is 15.8. The monoisotopic (exact) mass is 340 g/mol. The van der Waals surface area contributed by atoms with Crippen LogP contribution in [0.5, 0.6) is 5.75 Å². The third-order valence-electron chi connectivity index (χ3n) is 4.59. The van der Waals surface area contributed by atoms with Gasteiger partial charge in [0, 0.05) is 39.0 Å². The number of nitrogens with zero attached hydrogens (tertiary/aromatic N) is 2. The maximum absolute atomic E-state index is 12.8. The maximum Gasteiger partial charge on any atom is 0.256 e. The van der Waals surface area contributed by atoms with Crippen molar-refractivity contribution < 1.29 is 14.3 Å². The molecule has 1 atom stereocenters. The first-order valence-electron chi connectivity index (χ1n) is 8.48. The predicted octanol–water partition coefficient (Wildman–Crippen LogP) is 2.73. The van der Waals surface area contributed by atoms with Crippen LogP contribution in [0.1, 0.15) is 11.7 Å². The molecule has 0 aromatic heterocycles. The smallest absolute Gasteiger partial charge is 0.256 e. The van der Waals surface area contributed by atoms with Crippen LogP contribution in [0.2, 0.25) is 0 Å². The molecule has 132 valence electrons. The Hall–Kier alpha value is -2.53.